The van der Waals surface area contributed by atoms with E-state index in [2.05, 4.69) is 5.32 Å². The summed E-state index contributed by atoms with van der Waals surface area (Å²) in [4.78, 5) is 14.4. The second-order valence-electron chi connectivity index (χ2n) is 6.63. The molecule has 7 heteroatoms. The number of anilines is 1. The lowest BCUT2D eigenvalue weighted by Gasteiger charge is -2.35. The molecule has 24 heavy (non-hydrogen) atoms. The Morgan fingerprint density at radius 3 is 2.62 bits per heavy atom. The lowest BCUT2D eigenvalue weighted by Crippen LogP contribution is -2.54. The van der Waals surface area contributed by atoms with Gasteiger partial charge in [-0.1, -0.05) is 18.2 Å². The Balaban J connectivity index is 1.87. The molecular weight excluding hydrogens is 319 g/mol. The molecule has 0 spiro atoms. The Bertz CT molecular complexity index is 578. The largest absolute Gasteiger partial charge is 0.457 e. The third kappa shape index (κ3) is 3.57. The molecule has 1 aliphatic heterocycles. The van der Waals surface area contributed by atoms with Crippen molar-refractivity contribution in [3.8, 4) is 0 Å². The minimum atomic E-state index is -4.58. The number of para-hydroxylation sites is 1. The van der Waals surface area contributed by atoms with Gasteiger partial charge in [0.2, 0.25) is 5.91 Å². The smallest absolute Gasteiger partial charge is 0.316 e. The van der Waals surface area contributed by atoms with Gasteiger partial charge in [-0.3, -0.25) is 4.79 Å². The highest BCUT2D eigenvalue weighted by Gasteiger charge is 2.45. The van der Waals surface area contributed by atoms with Gasteiger partial charge in [-0.05, 0) is 50.3 Å². The molecule has 0 radical (unpaired) electrons. The van der Waals surface area contributed by atoms with Gasteiger partial charge >= 0.3 is 6.30 Å². The maximum atomic E-state index is 12.8. The summed E-state index contributed by atoms with van der Waals surface area (Å²) < 4.78 is 37.9. The zero-order valence-corrected chi connectivity index (χ0v) is 13.5. The number of amides is 1. The van der Waals surface area contributed by atoms with E-state index in [-0.39, 0.29) is 6.04 Å². The number of nitrogens with zero attached hydrogens (tertiary/aromatic N) is 1. The molecule has 1 saturated heterocycles. The van der Waals surface area contributed by atoms with Gasteiger partial charge in [-0.25, -0.2) is 5.32 Å². The number of fused-ring (bicyclic) bond motifs is 1. The fourth-order valence-corrected chi connectivity index (χ4v) is 4.03. The number of rotatable bonds is 4. The van der Waals surface area contributed by atoms with Crippen LogP contribution in [0.25, 0.3) is 0 Å². The van der Waals surface area contributed by atoms with Gasteiger partial charge in [0.1, 0.15) is 0 Å². The maximum Gasteiger partial charge on any atom is 0.457 e. The predicted octanol–water partition coefficient (Wildman–Crippen LogP) is 2.52. The first-order valence-corrected chi connectivity index (χ1v) is 8.30. The van der Waals surface area contributed by atoms with E-state index in [9.17, 15) is 18.0 Å². The highest BCUT2D eigenvalue weighted by atomic mass is 19.4. The molecule has 2 N–H and O–H groups in total. The number of nitrogens with one attached hydrogen (secondary N) is 2. The van der Waals surface area contributed by atoms with Crippen LogP contribution < -0.4 is 15.5 Å². The molecule has 1 amide bonds. The molecule has 1 aliphatic carbocycles. The lowest BCUT2D eigenvalue weighted by molar-refractivity contribution is -0.167. The minimum absolute atomic E-state index is 0.0580. The van der Waals surface area contributed by atoms with Crippen molar-refractivity contribution in [3.63, 3.8) is 0 Å². The van der Waals surface area contributed by atoms with Crippen LogP contribution >= 0.6 is 0 Å². The number of alkyl halides is 3. The molecule has 1 aromatic rings. The average Bonchev–Trinajstić information content (AvgIpc) is 3.11. The quantitative estimate of drug-likeness (QED) is 0.827. The van der Waals surface area contributed by atoms with E-state index < -0.39 is 18.2 Å². The van der Waals surface area contributed by atoms with Crippen molar-refractivity contribution in [1.82, 2.24) is 10.6 Å². The Labute approximate surface area is 139 Å². The van der Waals surface area contributed by atoms with E-state index in [4.69, 9.17) is 0 Å². The number of benzene rings is 1. The van der Waals surface area contributed by atoms with E-state index in [1.165, 1.54) is 12.2 Å². The third-order valence-corrected chi connectivity index (χ3v) is 5.07. The van der Waals surface area contributed by atoms with Crippen LogP contribution in [0, 0.1) is 11.8 Å². The molecule has 132 valence electrons. The number of carbonyl (C=O) groups is 1. The number of carbonyl (C=O) groups excluding carboxylic acids is 1. The van der Waals surface area contributed by atoms with Crippen LogP contribution in [0.1, 0.15) is 19.8 Å². The first-order chi connectivity index (χ1) is 11.4. The number of hydrogen-bond donors (Lipinski definition) is 2. The van der Waals surface area contributed by atoms with Crippen molar-refractivity contribution in [1.29, 1.82) is 0 Å². The molecule has 2 fully saturated rings. The molecule has 4 atom stereocenters. The summed E-state index contributed by atoms with van der Waals surface area (Å²) >= 11 is 0. The summed E-state index contributed by atoms with van der Waals surface area (Å²) in [6, 6.07) is 7.63. The number of hydrogen-bond acceptors (Lipinski definition) is 3. The van der Waals surface area contributed by atoms with Gasteiger partial charge in [-0.15, -0.1) is 0 Å². The van der Waals surface area contributed by atoms with Crippen molar-refractivity contribution in [2.75, 3.05) is 18.0 Å². The Kier molecular flexibility index (Phi) is 4.83. The Morgan fingerprint density at radius 2 is 1.96 bits per heavy atom. The molecule has 1 saturated carbocycles. The third-order valence-electron chi connectivity index (χ3n) is 5.07. The van der Waals surface area contributed by atoms with E-state index in [0.29, 0.717) is 17.5 Å². The summed E-state index contributed by atoms with van der Waals surface area (Å²) in [6.07, 6.45) is -2.75. The SMILES string of the molecule is C[C@H](NC(F)(F)F)C(=O)N(c1ccccc1)C1CCC2CNCC21. The van der Waals surface area contributed by atoms with E-state index in [1.54, 1.807) is 29.2 Å². The van der Waals surface area contributed by atoms with Gasteiger partial charge in [-0.2, -0.15) is 13.2 Å². The van der Waals surface area contributed by atoms with Crippen molar-refractivity contribution < 1.29 is 18.0 Å². The Hall–Kier alpha value is -1.60. The predicted molar refractivity (Wildman–Crippen MR) is 85.5 cm³/mol. The molecule has 1 heterocycles. The molecule has 0 aromatic heterocycles. The maximum absolute atomic E-state index is 12.8. The van der Waals surface area contributed by atoms with Crippen LogP contribution in [0.5, 0.6) is 0 Å². The summed E-state index contributed by atoms with van der Waals surface area (Å²) in [5.41, 5.74) is 0.663. The fourth-order valence-electron chi connectivity index (χ4n) is 4.03. The number of halogens is 3. The van der Waals surface area contributed by atoms with Crippen LogP contribution in [0.3, 0.4) is 0 Å². The van der Waals surface area contributed by atoms with Crippen LogP contribution in [0.2, 0.25) is 0 Å². The molecule has 3 rings (SSSR count). The summed E-state index contributed by atoms with van der Waals surface area (Å²) in [7, 11) is 0. The zero-order chi connectivity index (χ0) is 17.3. The molecule has 4 nitrogen and oxygen atoms in total. The fraction of sp³-hybridized carbons (Fsp3) is 0.588. The molecule has 2 aliphatic rings. The van der Waals surface area contributed by atoms with Gasteiger partial charge in [0, 0.05) is 18.3 Å². The second-order valence-corrected chi connectivity index (χ2v) is 6.63. The minimum Gasteiger partial charge on any atom is -0.316 e. The highest BCUT2D eigenvalue weighted by Crippen LogP contribution is 2.39. The van der Waals surface area contributed by atoms with Gasteiger partial charge in [0.15, 0.2) is 0 Å². The Morgan fingerprint density at radius 1 is 1.25 bits per heavy atom. The summed E-state index contributed by atoms with van der Waals surface area (Å²) in [5.74, 6) is 0.267. The van der Waals surface area contributed by atoms with Crippen molar-refractivity contribution in [2.24, 2.45) is 11.8 Å². The molecule has 0 bridgehead atoms. The van der Waals surface area contributed by atoms with Crippen molar-refractivity contribution >= 4 is 11.6 Å². The van der Waals surface area contributed by atoms with Crippen LogP contribution in [-0.4, -0.2) is 37.4 Å². The monoisotopic (exact) mass is 341 g/mol. The van der Waals surface area contributed by atoms with Gasteiger partial charge < -0.3 is 10.2 Å². The first kappa shape index (κ1) is 17.2. The molecule has 1 aromatic carbocycles. The topological polar surface area (TPSA) is 44.4 Å². The van der Waals surface area contributed by atoms with Gasteiger partial charge in [0.05, 0.1) is 6.04 Å². The zero-order valence-electron chi connectivity index (χ0n) is 13.5. The normalized spacial score (nSPS) is 27.8. The summed E-state index contributed by atoms with van der Waals surface area (Å²) in [5, 5.41) is 4.78. The highest BCUT2D eigenvalue weighted by molar-refractivity contribution is 5.97. The average molecular weight is 341 g/mol. The van der Waals surface area contributed by atoms with Crippen LogP contribution in [-0.2, 0) is 4.79 Å². The van der Waals surface area contributed by atoms with Gasteiger partial charge in [0.25, 0.3) is 0 Å². The van der Waals surface area contributed by atoms with Crippen molar-refractivity contribution in [3.05, 3.63) is 30.3 Å². The molecular formula is C17H22F3N3O. The molecule has 3 unspecified atom stereocenters. The lowest BCUT2D eigenvalue weighted by atomic mass is 9.96. The van der Waals surface area contributed by atoms with Crippen molar-refractivity contribution in [2.45, 2.75) is 38.1 Å². The van der Waals surface area contributed by atoms with E-state index in [0.717, 1.165) is 25.9 Å². The second kappa shape index (κ2) is 6.72. The van der Waals surface area contributed by atoms with Crippen LogP contribution in [0.4, 0.5) is 18.9 Å². The van der Waals surface area contributed by atoms with E-state index >= 15 is 0 Å². The summed E-state index contributed by atoms with van der Waals surface area (Å²) in [6.45, 7) is 3.01. The van der Waals surface area contributed by atoms with E-state index in [1.807, 2.05) is 6.07 Å². The standard InChI is InChI=1S/C17H22F3N3O/c1-11(22-17(18,19)20)16(24)23(13-5-3-2-4-6-13)15-8-7-12-9-21-10-14(12)15/h2-6,11-12,14-15,21-22H,7-10H2,1H3/t11-,12?,14?,15?/m0/s1. The first-order valence-electron chi connectivity index (χ1n) is 8.30. The van der Waals surface area contributed by atoms with Crippen LogP contribution in [0.15, 0.2) is 30.3 Å².